The largest absolute Gasteiger partial charge is 0.493 e. The van der Waals surface area contributed by atoms with Crippen molar-refractivity contribution in [3.63, 3.8) is 0 Å². The summed E-state index contributed by atoms with van der Waals surface area (Å²) in [5.41, 5.74) is 2.19. The molecule has 3 rings (SSSR count). The van der Waals surface area contributed by atoms with Crippen LogP contribution in [0.1, 0.15) is 39.2 Å². The lowest BCUT2D eigenvalue weighted by molar-refractivity contribution is -0.111. The van der Waals surface area contributed by atoms with E-state index in [0.29, 0.717) is 33.4 Å². The van der Waals surface area contributed by atoms with Crippen LogP contribution in [0.3, 0.4) is 0 Å². The first-order chi connectivity index (χ1) is 14.5. The SMILES string of the molecule is COC(=O)c1c(NC(=O)/C=C/c2cc(OC)c(OC)c(OC)c2)sc2c1CCCC2. The monoisotopic (exact) mass is 431 g/mol. The molecule has 0 spiro atoms. The Balaban J connectivity index is 1.83. The molecule has 0 radical (unpaired) electrons. The van der Waals surface area contributed by atoms with Crippen LogP contribution in [0.25, 0.3) is 6.08 Å². The average Bonchev–Trinajstić information content (AvgIpc) is 3.13. The fourth-order valence-corrected chi connectivity index (χ4v) is 4.78. The third-order valence-electron chi connectivity index (χ3n) is 4.91. The molecule has 0 bridgehead atoms. The molecule has 2 aromatic rings. The molecule has 1 aliphatic carbocycles. The van der Waals surface area contributed by atoms with Crippen LogP contribution in [0.15, 0.2) is 18.2 Å². The zero-order chi connectivity index (χ0) is 21.7. The molecule has 160 valence electrons. The summed E-state index contributed by atoms with van der Waals surface area (Å²) in [4.78, 5) is 26.0. The van der Waals surface area contributed by atoms with Crippen molar-refractivity contribution in [3.8, 4) is 17.2 Å². The number of hydrogen-bond donors (Lipinski definition) is 1. The Morgan fingerprint density at radius 3 is 2.27 bits per heavy atom. The van der Waals surface area contributed by atoms with Gasteiger partial charge in [-0.25, -0.2) is 4.79 Å². The van der Waals surface area contributed by atoms with Crippen molar-refractivity contribution in [3.05, 3.63) is 39.8 Å². The number of carbonyl (C=O) groups is 2. The molecular weight excluding hydrogens is 406 g/mol. The fourth-order valence-electron chi connectivity index (χ4n) is 3.50. The summed E-state index contributed by atoms with van der Waals surface area (Å²) in [6.07, 6.45) is 6.91. The Labute approximate surface area is 179 Å². The minimum absolute atomic E-state index is 0.340. The molecule has 1 amide bonds. The quantitative estimate of drug-likeness (QED) is 0.525. The molecule has 1 aliphatic rings. The van der Waals surface area contributed by atoms with Gasteiger partial charge in [-0.2, -0.15) is 0 Å². The van der Waals surface area contributed by atoms with Gasteiger partial charge in [0.15, 0.2) is 11.5 Å². The molecule has 0 saturated carbocycles. The summed E-state index contributed by atoms with van der Waals surface area (Å²) >= 11 is 1.45. The van der Waals surface area contributed by atoms with Gasteiger partial charge in [0.05, 0.1) is 34.0 Å². The number of amides is 1. The van der Waals surface area contributed by atoms with E-state index in [9.17, 15) is 9.59 Å². The number of carbonyl (C=O) groups excluding carboxylic acids is 2. The van der Waals surface area contributed by atoms with Crippen LogP contribution in [0.4, 0.5) is 5.00 Å². The standard InChI is InChI=1S/C22H25NO6S/c1-26-15-11-13(12-16(27-2)20(15)28-3)9-10-18(24)23-21-19(22(25)29-4)14-7-5-6-8-17(14)30-21/h9-12H,5-8H2,1-4H3,(H,23,24)/b10-9+. The maximum absolute atomic E-state index is 12.6. The molecule has 8 heteroatoms. The molecule has 1 aromatic heterocycles. The van der Waals surface area contributed by atoms with Gasteiger partial charge >= 0.3 is 5.97 Å². The van der Waals surface area contributed by atoms with Crippen molar-refractivity contribution < 1.29 is 28.5 Å². The van der Waals surface area contributed by atoms with Gasteiger partial charge in [-0.1, -0.05) is 0 Å². The van der Waals surface area contributed by atoms with Crippen molar-refractivity contribution in [2.75, 3.05) is 33.8 Å². The minimum atomic E-state index is -0.418. The van der Waals surface area contributed by atoms with Crippen LogP contribution >= 0.6 is 11.3 Å². The Kier molecular flexibility index (Phi) is 6.99. The Morgan fingerprint density at radius 2 is 1.67 bits per heavy atom. The second-order valence-electron chi connectivity index (χ2n) is 6.69. The highest BCUT2D eigenvalue weighted by atomic mass is 32.1. The second-order valence-corrected chi connectivity index (χ2v) is 7.79. The van der Waals surface area contributed by atoms with Gasteiger partial charge in [0.2, 0.25) is 11.7 Å². The van der Waals surface area contributed by atoms with Gasteiger partial charge in [0.25, 0.3) is 0 Å². The van der Waals surface area contributed by atoms with E-state index in [1.807, 2.05) is 0 Å². The number of nitrogens with one attached hydrogen (secondary N) is 1. The Morgan fingerprint density at radius 1 is 1.00 bits per heavy atom. The number of rotatable bonds is 7. The maximum atomic E-state index is 12.6. The summed E-state index contributed by atoms with van der Waals surface area (Å²) in [6, 6.07) is 3.49. The molecule has 0 fully saturated rings. The smallest absolute Gasteiger partial charge is 0.341 e. The number of benzene rings is 1. The van der Waals surface area contributed by atoms with Gasteiger partial charge < -0.3 is 24.3 Å². The molecule has 30 heavy (non-hydrogen) atoms. The van der Waals surface area contributed by atoms with E-state index >= 15 is 0 Å². The predicted molar refractivity (Wildman–Crippen MR) is 116 cm³/mol. The number of anilines is 1. The van der Waals surface area contributed by atoms with Gasteiger partial charge in [0, 0.05) is 11.0 Å². The van der Waals surface area contributed by atoms with Crippen LogP contribution in [0.2, 0.25) is 0 Å². The van der Waals surface area contributed by atoms with Gasteiger partial charge in [0.1, 0.15) is 5.00 Å². The van der Waals surface area contributed by atoms with Crippen molar-refractivity contribution >= 4 is 34.3 Å². The number of hydrogen-bond acceptors (Lipinski definition) is 7. The lowest BCUT2D eigenvalue weighted by Crippen LogP contribution is -2.13. The van der Waals surface area contributed by atoms with E-state index in [1.54, 1.807) is 18.2 Å². The summed E-state index contributed by atoms with van der Waals surface area (Å²) in [6.45, 7) is 0. The van der Waals surface area contributed by atoms with Crippen LogP contribution in [-0.4, -0.2) is 40.3 Å². The molecule has 1 aromatic carbocycles. The lowest BCUT2D eigenvalue weighted by atomic mass is 9.95. The van der Waals surface area contributed by atoms with Crippen LogP contribution in [0.5, 0.6) is 17.2 Å². The second kappa shape index (κ2) is 9.67. The van der Waals surface area contributed by atoms with E-state index < -0.39 is 5.97 Å². The van der Waals surface area contributed by atoms with Crippen molar-refractivity contribution in [1.29, 1.82) is 0 Å². The highest BCUT2D eigenvalue weighted by Gasteiger charge is 2.26. The van der Waals surface area contributed by atoms with Crippen molar-refractivity contribution in [1.82, 2.24) is 0 Å². The third kappa shape index (κ3) is 4.43. The zero-order valence-corrected chi connectivity index (χ0v) is 18.3. The van der Waals surface area contributed by atoms with Gasteiger partial charge in [-0.3, -0.25) is 4.79 Å². The molecule has 0 atom stereocenters. The lowest BCUT2D eigenvalue weighted by Gasteiger charge is -2.12. The van der Waals surface area contributed by atoms with Crippen molar-refractivity contribution in [2.24, 2.45) is 0 Å². The summed E-state index contributed by atoms with van der Waals surface area (Å²) in [7, 11) is 5.95. The number of methoxy groups -OCH3 is 4. The first-order valence-corrected chi connectivity index (χ1v) is 10.4. The summed E-state index contributed by atoms with van der Waals surface area (Å²) in [5, 5.41) is 3.37. The molecule has 7 nitrogen and oxygen atoms in total. The predicted octanol–water partition coefficient (Wildman–Crippen LogP) is 4.09. The first-order valence-electron chi connectivity index (χ1n) is 9.54. The van der Waals surface area contributed by atoms with Gasteiger partial charge in [-0.15, -0.1) is 11.3 Å². The normalized spacial score (nSPS) is 12.9. The van der Waals surface area contributed by atoms with Crippen LogP contribution in [-0.2, 0) is 22.4 Å². The summed E-state index contributed by atoms with van der Waals surface area (Å²) < 4.78 is 20.9. The van der Waals surface area contributed by atoms with E-state index in [2.05, 4.69) is 5.32 Å². The maximum Gasteiger partial charge on any atom is 0.341 e. The highest BCUT2D eigenvalue weighted by Crippen LogP contribution is 2.39. The van der Waals surface area contributed by atoms with Crippen LogP contribution < -0.4 is 19.5 Å². The number of esters is 1. The van der Waals surface area contributed by atoms with Crippen LogP contribution in [0, 0.1) is 0 Å². The first kappa shape index (κ1) is 21.7. The summed E-state index contributed by atoms with van der Waals surface area (Å²) in [5.74, 6) is 0.714. The molecule has 0 saturated heterocycles. The van der Waals surface area contributed by atoms with E-state index in [1.165, 1.54) is 45.9 Å². The molecule has 1 N–H and O–H groups in total. The number of fused-ring (bicyclic) bond motifs is 1. The molecule has 1 heterocycles. The van der Waals surface area contributed by atoms with E-state index in [-0.39, 0.29) is 5.91 Å². The number of aryl methyl sites for hydroxylation is 1. The third-order valence-corrected chi connectivity index (χ3v) is 6.12. The fraction of sp³-hybridized carbons (Fsp3) is 0.364. The highest BCUT2D eigenvalue weighted by molar-refractivity contribution is 7.17. The topological polar surface area (TPSA) is 83.1 Å². The van der Waals surface area contributed by atoms with Crippen molar-refractivity contribution in [2.45, 2.75) is 25.7 Å². The minimum Gasteiger partial charge on any atom is -0.493 e. The number of ether oxygens (including phenoxy) is 4. The Hall–Kier alpha value is -3.00. The zero-order valence-electron chi connectivity index (χ0n) is 17.5. The molecular formula is C22H25NO6S. The number of thiophene rings is 1. The Bertz CT molecular complexity index is 953. The average molecular weight is 432 g/mol. The molecule has 0 aliphatic heterocycles. The molecule has 0 unspecified atom stereocenters. The van der Waals surface area contributed by atoms with E-state index in [0.717, 1.165) is 36.1 Å². The van der Waals surface area contributed by atoms with E-state index in [4.69, 9.17) is 18.9 Å². The van der Waals surface area contributed by atoms with Gasteiger partial charge in [-0.05, 0) is 55.0 Å².